The summed E-state index contributed by atoms with van der Waals surface area (Å²) in [5.74, 6) is -2.59. The molecule has 3 aromatic rings. The number of carbonyl (C=O) groups is 1. The molecule has 2 aliphatic heterocycles. The van der Waals surface area contributed by atoms with Gasteiger partial charge in [-0.05, 0) is 62.1 Å². The van der Waals surface area contributed by atoms with Gasteiger partial charge in [-0.25, -0.2) is 8.78 Å². The maximum absolute atomic E-state index is 14.4. The minimum atomic E-state index is -0.974. The van der Waals surface area contributed by atoms with Crippen molar-refractivity contribution in [2.45, 2.75) is 38.3 Å². The van der Waals surface area contributed by atoms with E-state index in [1.807, 2.05) is 18.0 Å². The fraction of sp³-hybridized carbons (Fsp3) is 0.379. The number of nitrogens with one attached hydrogen (secondary N) is 1. The van der Waals surface area contributed by atoms with Crippen LogP contribution in [0.3, 0.4) is 0 Å². The van der Waals surface area contributed by atoms with Crippen molar-refractivity contribution >= 4 is 29.7 Å². The largest absolute Gasteiger partial charge is 0.379 e. The minimum absolute atomic E-state index is 0.00635. The standard InChI is InChI=1S/C29H31F2N7O3/c1-17-23(37(33-2)18-10-13-41-15-18)8-6-21(26(17)36-14-24(32)29(16-36)11-12-29)34-28(40)22-7-9-25(39)38(35-22)27-19(30)4-3-5-20(27)31/h3-9,18,24H,2,10-16,32H2,1H3,(H,34,40)/t18-,24-/m0/s1. The number of hydrogen-bond acceptors (Lipinski definition) is 8. The highest BCUT2D eigenvalue weighted by Gasteiger charge is 2.54. The molecule has 2 atom stereocenters. The zero-order chi connectivity index (χ0) is 28.9. The molecule has 1 aromatic heterocycles. The number of hydrogen-bond donors (Lipinski definition) is 2. The first-order valence-corrected chi connectivity index (χ1v) is 13.6. The molecular formula is C29H31F2N7O3. The van der Waals surface area contributed by atoms with Gasteiger partial charge in [-0.3, -0.25) is 14.6 Å². The van der Waals surface area contributed by atoms with E-state index in [9.17, 15) is 18.4 Å². The van der Waals surface area contributed by atoms with Crippen LogP contribution >= 0.6 is 0 Å². The van der Waals surface area contributed by atoms with Gasteiger partial charge >= 0.3 is 0 Å². The Hall–Kier alpha value is -4.16. The lowest BCUT2D eigenvalue weighted by atomic mass is 10.0. The first-order valence-electron chi connectivity index (χ1n) is 13.6. The topological polar surface area (TPSA) is 118 Å². The molecule has 12 heteroatoms. The van der Waals surface area contributed by atoms with E-state index in [0.717, 1.165) is 60.9 Å². The summed E-state index contributed by atoms with van der Waals surface area (Å²) in [4.78, 5) is 28.1. The molecule has 3 aliphatic rings. The van der Waals surface area contributed by atoms with E-state index >= 15 is 0 Å². The maximum atomic E-state index is 14.4. The highest BCUT2D eigenvalue weighted by molar-refractivity contribution is 6.05. The monoisotopic (exact) mass is 563 g/mol. The number of nitrogens with zero attached hydrogens (tertiary/aromatic N) is 5. The summed E-state index contributed by atoms with van der Waals surface area (Å²) >= 11 is 0. The summed E-state index contributed by atoms with van der Waals surface area (Å²) in [5, 5.41) is 13.1. The molecule has 3 heterocycles. The molecule has 10 nitrogen and oxygen atoms in total. The lowest BCUT2D eigenvalue weighted by Crippen LogP contribution is -2.33. The molecule has 0 radical (unpaired) electrons. The number of rotatable bonds is 7. The molecule has 3 N–H and O–H groups in total. The molecule has 0 bridgehead atoms. The van der Waals surface area contributed by atoms with Crippen molar-refractivity contribution in [1.82, 2.24) is 9.78 Å². The quantitative estimate of drug-likeness (QED) is 0.335. The minimum Gasteiger partial charge on any atom is -0.379 e. The Balaban J connectivity index is 1.38. The van der Waals surface area contributed by atoms with Gasteiger partial charge in [0.1, 0.15) is 11.4 Å². The first kappa shape index (κ1) is 27.0. The van der Waals surface area contributed by atoms with Crippen LogP contribution in [0.2, 0.25) is 0 Å². The molecule has 214 valence electrons. The van der Waals surface area contributed by atoms with Crippen molar-refractivity contribution in [2.24, 2.45) is 16.3 Å². The molecule has 1 spiro atoms. The summed E-state index contributed by atoms with van der Waals surface area (Å²) in [7, 11) is 0. The first-order chi connectivity index (χ1) is 19.7. The number of carbonyl (C=O) groups excluding carboxylic acids is 1. The Kier molecular flexibility index (Phi) is 6.82. The average Bonchev–Trinajstić information content (AvgIpc) is 3.38. The fourth-order valence-corrected chi connectivity index (χ4v) is 5.97. The van der Waals surface area contributed by atoms with Crippen molar-refractivity contribution in [3.8, 4) is 5.69 Å². The molecular weight excluding hydrogens is 532 g/mol. The van der Waals surface area contributed by atoms with Crippen LogP contribution in [0.5, 0.6) is 0 Å². The average molecular weight is 564 g/mol. The lowest BCUT2D eigenvalue weighted by molar-refractivity contribution is 0.102. The van der Waals surface area contributed by atoms with Crippen molar-refractivity contribution in [3.05, 3.63) is 75.7 Å². The number of ether oxygens (including phenoxy) is 1. The van der Waals surface area contributed by atoms with Crippen LogP contribution < -0.4 is 26.5 Å². The van der Waals surface area contributed by atoms with Gasteiger partial charge in [0.05, 0.1) is 29.7 Å². The molecule has 1 saturated carbocycles. The van der Waals surface area contributed by atoms with Gasteiger partial charge < -0.3 is 20.7 Å². The Labute approximate surface area is 235 Å². The maximum Gasteiger partial charge on any atom is 0.276 e. The predicted octanol–water partition coefficient (Wildman–Crippen LogP) is 3.21. The van der Waals surface area contributed by atoms with Crippen LogP contribution in [0.4, 0.5) is 25.8 Å². The summed E-state index contributed by atoms with van der Waals surface area (Å²) in [6.07, 6.45) is 2.93. The number of halogens is 2. The van der Waals surface area contributed by atoms with Crippen LogP contribution in [0, 0.1) is 24.0 Å². The Bertz CT molecular complexity index is 1560. The van der Waals surface area contributed by atoms with E-state index in [2.05, 4.69) is 27.1 Å². The third kappa shape index (κ3) is 4.76. The summed E-state index contributed by atoms with van der Waals surface area (Å²) in [5.41, 5.74) is 8.05. The third-order valence-corrected chi connectivity index (χ3v) is 8.40. The zero-order valence-electron chi connectivity index (χ0n) is 22.6. The van der Waals surface area contributed by atoms with Gasteiger partial charge in [0.2, 0.25) is 0 Å². The van der Waals surface area contributed by atoms with Crippen molar-refractivity contribution in [2.75, 3.05) is 41.5 Å². The molecule has 3 fully saturated rings. The molecule has 0 unspecified atom stereocenters. The molecule has 1 aliphatic carbocycles. The fourth-order valence-electron chi connectivity index (χ4n) is 5.97. The van der Waals surface area contributed by atoms with Crippen molar-refractivity contribution < 1.29 is 18.3 Å². The second-order valence-corrected chi connectivity index (χ2v) is 11.0. The number of nitrogens with two attached hydrogens (primary N) is 1. The number of hydrazone groups is 1. The van der Waals surface area contributed by atoms with E-state index in [-0.39, 0.29) is 23.2 Å². The second kappa shape index (κ2) is 10.3. The van der Waals surface area contributed by atoms with Gasteiger partial charge in [-0.1, -0.05) is 6.07 Å². The summed E-state index contributed by atoms with van der Waals surface area (Å²) in [6, 6.07) is 9.20. The van der Waals surface area contributed by atoms with Gasteiger partial charge in [0, 0.05) is 43.9 Å². The SMILES string of the molecule is C=NN(c1ccc(NC(=O)c2ccc(=O)n(-c3c(F)cccc3F)n2)c(N2C[C@H](N)C3(CC3)C2)c1C)[C@H]1CCOC1. The smallest absolute Gasteiger partial charge is 0.276 e. The number of anilines is 3. The van der Waals surface area contributed by atoms with Gasteiger partial charge in [-0.15, -0.1) is 0 Å². The summed E-state index contributed by atoms with van der Waals surface area (Å²) < 4.78 is 35.0. The van der Waals surface area contributed by atoms with Gasteiger partial charge in [0.15, 0.2) is 11.6 Å². The third-order valence-electron chi connectivity index (χ3n) is 8.40. The zero-order valence-corrected chi connectivity index (χ0v) is 22.6. The number of amides is 1. The molecule has 2 saturated heterocycles. The molecule has 2 aromatic carbocycles. The normalized spacial score (nSPS) is 20.8. The molecule has 41 heavy (non-hydrogen) atoms. The van der Waals surface area contributed by atoms with E-state index in [1.165, 1.54) is 12.1 Å². The molecule has 6 rings (SSSR count). The Morgan fingerprint density at radius 2 is 1.95 bits per heavy atom. The second-order valence-electron chi connectivity index (χ2n) is 11.0. The van der Waals surface area contributed by atoms with Crippen LogP contribution in [0.1, 0.15) is 35.3 Å². The van der Waals surface area contributed by atoms with E-state index < -0.39 is 28.8 Å². The van der Waals surface area contributed by atoms with E-state index in [0.29, 0.717) is 30.1 Å². The van der Waals surface area contributed by atoms with Crippen LogP contribution in [0.25, 0.3) is 5.69 Å². The van der Waals surface area contributed by atoms with Crippen LogP contribution in [-0.4, -0.2) is 60.8 Å². The number of aromatic nitrogens is 2. The lowest BCUT2D eigenvalue weighted by Gasteiger charge is -2.31. The number of para-hydroxylation sites is 1. The van der Waals surface area contributed by atoms with Crippen molar-refractivity contribution in [1.29, 1.82) is 0 Å². The van der Waals surface area contributed by atoms with Crippen LogP contribution in [-0.2, 0) is 4.74 Å². The van der Waals surface area contributed by atoms with E-state index in [4.69, 9.17) is 10.5 Å². The summed E-state index contributed by atoms with van der Waals surface area (Å²) in [6.45, 7) is 8.31. The van der Waals surface area contributed by atoms with Crippen LogP contribution in [0.15, 0.2) is 52.4 Å². The highest BCUT2D eigenvalue weighted by atomic mass is 19.1. The number of benzene rings is 2. The Morgan fingerprint density at radius 1 is 1.20 bits per heavy atom. The van der Waals surface area contributed by atoms with Crippen molar-refractivity contribution in [3.63, 3.8) is 0 Å². The van der Waals surface area contributed by atoms with Gasteiger partial charge in [0.25, 0.3) is 11.5 Å². The Morgan fingerprint density at radius 3 is 2.59 bits per heavy atom. The highest BCUT2D eigenvalue weighted by Crippen LogP contribution is 2.54. The molecule has 1 amide bonds. The predicted molar refractivity (Wildman–Crippen MR) is 152 cm³/mol. The van der Waals surface area contributed by atoms with E-state index in [1.54, 1.807) is 6.07 Å². The van der Waals surface area contributed by atoms with Gasteiger partial charge in [-0.2, -0.15) is 14.9 Å².